The molecule has 1 saturated heterocycles. The number of nitrogens with one attached hydrogen (secondary N) is 1. The summed E-state index contributed by atoms with van der Waals surface area (Å²) in [6, 6.07) is 10.8. The molecule has 0 radical (unpaired) electrons. The Balaban J connectivity index is 1.58. The van der Waals surface area contributed by atoms with Gasteiger partial charge in [-0.2, -0.15) is 0 Å². The molecule has 6 heteroatoms. The van der Waals surface area contributed by atoms with Gasteiger partial charge in [-0.3, -0.25) is 9.59 Å². The van der Waals surface area contributed by atoms with Crippen molar-refractivity contribution in [2.45, 2.75) is 6.42 Å². The quantitative estimate of drug-likeness (QED) is 0.935. The number of pyridine rings is 1. The van der Waals surface area contributed by atoms with Gasteiger partial charge in [0.15, 0.2) is 0 Å². The van der Waals surface area contributed by atoms with Crippen molar-refractivity contribution in [2.24, 2.45) is 0 Å². The maximum Gasteiger partial charge on any atom is 0.248 e. The van der Waals surface area contributed by atoms with E-state index in [9.17, 15) is 9.59 Å². The van der Waals surface area contributed by atoms with Crippen LogP contribution in [0.2, 0.25) is 5.02 Å². The summed E-state index contributed by atoms with van der Waals surface area (Å²) in [5.74, 6) is 0.0965. The number of hydrogen-bond acceptors (Lipinski definition) is 3. The minimum atomic E-state index is -0.109. The summed E-state index contributed by atoms with van der Waals surface area (Å²) in [6.45, 7) is 2.84. The number of benzene rings is 1. The second-order valence-corrected chi connectivity index (χ2v) is 5.95. The lowest BCUT2D eigenvalue weighted by molar-refractivity contribution is -0.130. The molecule has 1 fully saturated rings. The Bertz CT molecular complexity index is 731. The predicted molar refractivity (Wildman–Crippen MR) is 91.0 cm³/mol. The second kappa shape index (κ2) is 6.87. The summed E-state index contributed by atoms with van der Waals surface area (Å²) in [6.07, 6.45) is 2.04. The van der Waals surface area contributed by atoms with Crippen LogP contribution in [0.25, 0.3) is 0 Å². The molecule has 0 bridgehead atoms. The molecule has 1 aromatic heterocycles. The van der Waals surface area contributed by atoms with Crippen LogP contribution in [-0.4, -0.2) is 42.0 Å². The average molecular weight is 332 g/mol. The van der Waals surface area contributed by atoms with Crippen LogP contribution in [0.5, 0.6) is 0 Å². The molecule has 0 saturated carbocycles. The van der Waals surface area contributed by atoms with Crippen LogP contribution < -0.4 is 10.5 Å². The van der Waals surface area contributed by atoms with E-state index in [-0.39, 0.29) is 11.5 Å². The van der Waals surface area contributed by atoms with E-state index in [1.807, 2.05) is 23.1 Å². The Morgan fingerprint density at radius 2 is 1.83 bits per heavy atom. The van der Waals surface area contributed by atoms with Gasteiger partial charge in [-0.25, -0.2) is 0 Å². The minimum absolute atomic E-state index is 0.0965. The minimum Gasteiger partial charge on any atom is -0.367 e. The zero-order valence-electron chi connectivity index (χ0n) is 12.7. The van der Waals surface area contributed by atoms with Crippen molar-refractivity contribution in [3.8, 4) is 0 Å². The first-order valence-electron chi connectivity index (χ1n) is 7.58. The van der Waals surface area contributed by atoms with E-state index in [1.165, 1.54) is 6.07 Å². The van der Waals surface area contributed by atoms with Crippen molar-refractivity contribution < 1.29 is 4.79 Å². The second-order valence-electron chi connectivity index (χ2n) is 5.55. The van der Waals surface area contributed by atoms with Crippen LogP contribution in [0.15, 0.2) is 47.4 Å². The van der Waals surface area contributed by atoms with Gasteiger partial charge in [-0.05, 0) is 17.7 Å². The van der Waals surface area contributed by atoms with Crippen molar-refractivity contribution in [1.82, 2.24) is 9.88 Å². The van der Waals surface area contributed by atoms with Crippen LogP contribution in [0.1, 0.15) is 5.56 Å². The van der Waals surface area contributed by atoms with Gasteiger partial charge >= 0.3 is 0 Å². The Labute approximate surface area is 139 Å². The van der Waals surface area contributed by atoms with E-state index < -0.39 is 0 Å². The zero-order valence-corrected chi connectivity index (χ0v) is 13.4. The van der Waals surface area contributed by atoms with Crippen LogP contribution in [0, 0.1) is 0 Å². The highest BCUT2D eigenvalue weighted by Gasteiger charge is 2.21. The molecule has 0 atom stereocenters. The topological polar surface area (TPSA) is 56.4 Å². The normalized spacial score (nSPS) is 14.8. The number of aromatic nitrogens is 1. The highest BCUT2D eigenvalue weighted by Crippen LogP contribution is 2.18. The molecule has 1 aliphatic rings. The maximum atomic E-state index is 12.4. The standard InChI is InChI=1S/C17H18ClN3O2/c18-15-4-2-1-3-13(15)11-17(23)21-9-7-20(8-10-21)14-5-6-16(22)19-12-14/h1-6,12H,7-11H2,(H,19,22). The molecular weight excluding hydrogens is 314 g/mol. The summed E-state index contributed by atoms with van der Waals surface area (Å²) in [4.78, 5) is 30.2. The van der Waals surface area contributed by atoms with Gasteiger partial charge in [0.25, 0.3) is 0 Å². The third-order valence-corrected chi connectivity index (χ3v) is 4.43. The Morgan fingerprint density at radius 1 is 1.09 bits per heavy atom. The number of amides is 1. The first kappa shape index (κ1) is 15.6. The number of anilines is 1. The first-order chi connectivity index (χ1) is 11.1. The third-order valence-electron chi connectivity index (χ3n) is 4.06. The van der Waals surface area contributed by atoms with Gasteiger partial charge in [0, 0.05) is 43.5 Å². The van der Waals surface area contributed by atoms with Gasteiger partial charge in [-0.15, -0.1) is 0 Å². The van der Waals surface area contributed by atoms with Crippen molar-refractivity contribution in [3.05, 3.63) is 63.5 Å². The monoisotopic (exact) mass is 331 g/mol. The Kier molecular flexibility index (Phi) is 4.67. The molecule has 3 rings (SSSR count). The molecule has 0 unspecified atom stereocenters. The van der Waals surface area contributed by atoms with Crippen molar-refractivity contribution >= 4 is 23.2 Å². The van der Waals surface area contributed by atoms with E-state index >= 15 is 0 Å². The molecule has 23 heavy (non-hydrogen) atoms. The molecule has 1 N–H and O–H groups in total. The van der Waals surface area contributed by atoms with Crippen LogP contribution in [-0.2, 0) is 11.2 Å². The van der Waals surface area contributed by atoms with E-state index in [0.717, 1.165) is 24.3 Å². The van der Waals surface area contributed by atoms with Crippen molar-refractivity contribution in [2.75, 3.05) is 31.1 Å². The predicted octanol–water partition coefficient (Wildman–Crippen LogP) is 1.92. The van der Waals surface area contributed by atoms with E-state index in [1.54, 1.807) is 18.3 Å². The number of carbonyl (C=O) groups is 1. The number of piperazine rings is 1. The lowest BCUT2D eigenvalue weighted by Crippen LogP contribution is -2.49. The fraction of sp³-hybridized carbons (Fsp3) is 0.294. The van der Waals surface area contributed by atoms with Gasteiger partial charge in [0.1, 0.15) is 0 Å². The van der Waals surface area contributed by atoms with Gasteiger partial charge in [-0.1, -0.05) is 29.8 Å². The zero-order chi connectivity index (χ0) is 16.2. The van der Waals surface area contributed by atoms with Gasteiger partial charge in [0.05, 0.1) is 12.1 Å². The van der Waals surface area contributed by atoms with Gasteiger partial charge in [0.2, 0.25) is 11.5 Å². The van der Waals surface area contributed by atoms with Gasteiger partial charge < -0.3 is 14.8 Å². The first-order valence-corrected chi connectivity index (χ1v) is 7.96. The highest BCUT2D eigenvalue weighted by atomic mass is 35.5. The maximum absolute atomic E-state index is 12.4. The summed E-state index contributed by atoms with van der Waals surface area (Å²) < 4.78 is 0. The van der Waals surface area contributed by atoms with Crippen LogP contribution in [0.4, 0.5) is 5.69 Å². The molecule has 0 aliphatic carbocycles. The van der Waals surface area contributed by atoms with E-state index in [0.29, 0.717) is 24.5 Å². The summed E-state index contributed by atoms with van der Waals surface area (Å²) in [5.41, 5.74) is 1.73. The van der Waals surface area contributed by atoms with E-state index in [4.69, 9.17) is 11.6 Å². The number of carbonyl (C=O) groups excluding carboxylic acids is 1. The highest BCUT2D eigenvalue weighted by molar-refractivity contribution is 6.31. The summed E-state index contributed by atoms with van der Waals surface area (Å²) >= 11 is 6.12. The lowest BCUT2D eigenvalue weighted by atomic mass is 10.1. The molecule has 2 aromatic rings. The fourth-order valence-corrected chi connectivity index (χ4v) is 2.93. The largest absolute Gasteiger partial charge is 0.367 e. The smallest absolute Gasteiger partial charge is 0.248 e. The number of H-pyrrole nitrogens is 1. The van der Waals surface area contributed by atoms with Crippen molar-refractivity contribution in [1.29, 1.82) is 0 Å². The van der Waals surface area contributed by atoms with E-state index in [2.05, 4.69) is 9.88 Å². The molecular formula is C17H18ClN3O2. The number of nitrogens with zero attached hydrogens (tertiary/aromatic N) is 2. The molecule has 1 amide bonds. The number of hydrogen-bond donors (Lipinski definition) is 1. The summed E-state index contributed by atoms with van der Waals surface area (Å²) in [5, 5.41) is 0.632. The third kappa shape index (κ3) is 3.74. The van der Waals surface area contributed by atoms with Crippen molar-refractivity contribution in [3.63, 3.8) is 0 Å². The lowest BCUT2D eigenvalue weighted by Gasteiger charge is -2.36. The number of rotatable bonds is 3. The molecule has 1 aromatic carbocycles. The average Bonchev–Trinajstić information content (AvgIpc) is 2.58. The molecule has 5 nitrogen and oxygen atoms in total. The summed E-state index contributed by atoms with van der Waals surface area (Å²) in [7, 11) is 0. The molecule has 2 heterocycles. The Hall–Kier alpha value is -2.27. The Morgan fingerprint density at radius 3 is 2.48 bits per heavy atom. The number of aromatic amines is 1. The molecule has 0 spiro atoms. The molecule has 120 valence electrons. The SMILES string of the molecule is O=C(Cc1ccccc1Cl)N1CCN(c2ccc(=O)[nH]c2)CC1. The number of halogens is 1. The van der Waals surface area contributed by atoms with Crippen LogP contribution in [0.3, 0.4) is 0 Å². The van der Waals surface area contributed by atoms with Crippen LogP contribution >= 0.6 is 11.6 Å². The fourth-order valence-electron chi connectivity index (χ4n) is 2.73. The molecule has 1 aliphatic heterocycles.